The van der Waals surface area contributed by atoms with Crippen LogP contribution in [0.25, 0.3) is 0 Å². The first-order chi connectivity index (χ1) is 7.66. The lowest BCUT2D eigenvalue weighted by Crippen LogP contribution is -2.35. The third kappa shape index (κ3) is 11.5. The van der Waals surface area contributed by atoms with E-state index in [9.17, 15) is 4.79 Å². The molecule has 0 saturated carbocycles. The standard InChI is InChI=1S/C12H27N3O/c1-4-5-6-9-14-12(16)11-13-8-7-10-15(2)3/h13H,4-11H2,1-3H3,(H,14,16). The number of carbonyl (C=O) groups is 1. The monoisotopic (exact) mass is 229 g/mol. The van der Waals surface area contributed by atoms with Crippen LogP contribution in [0.1, 0.15) is 32.6 Å². The van der Waals surface area contributed by atoms with Crippen molar-refractivity contribution in [1.82, 2.24) is 15.5 Å². The Labute approximate surface area is 99.8 Å². The number of unbranched alkanes of at least 4 members (excludes halogenated alkanes) is 2. The van der Waals surface area contributed by atoms with E-state index >= 15 is 0 Å². The zero-order valence-electron chi connectivity index (χ0n) is 11.0. The first-order valence-electron chi connectivity index (χ1n) is 6.29. The molecule has 2 N–H and O–H groups in total. The van der Waals surface area contributed by atoms with Crippen molar-refractivity contribution >= 4 is 5.91 Å². The molecule has 0 aliphatic heterocycles. The van der Waals surface area contributed by atoms with Crippen molar-refractivity contribution in [2.75, 3.05) is 40.3 Å². The van der Waals surface area contributed by atoms with Gasteiger partial charge in [-0.3, -0.25) is 4.79 Å². The highest BCUT2D eigenvalue weighted by molar-refractivity contribution is 5.77. The number of carbonyl (C=O) groups excluding carboxylic acids is 1. The van der Waals surface area contributed by atoms with E-state index in [2.05, 4.69) is 36.6 Å². The van der Waals surface area contributed by atoms with Crippen LogP contribution in [0.2, 0.25) is 0 Å². The minimum atomic E-state index is 0.112. The van der Waals surface area contributed by atoms with E-state index in [4.69, 9.17) is 0 Å². The molecular formula is C12H27N3O. The van der Waals surface area contributed by atoms with Crippen molar-refractivity contribution < 1.29 is 4.79 Å². The van der Waals surface area contributed by atoms with Gasteiger partial charge in [-0.15, -0.1) is 0 Å². The summed E-state index contributed by atoms with van der Waals surface area (Å²) in [7, 11) is 4.11. The molecule has 0 bridgehead atoms. The van der Waals surface area contributed by atoms with E-state index in [0.29, 0.717) is 6.54 Å². The number of nitrogens with zero attached hydrogens (tertiary/aromatic N) is 1. The molecule has 0 saturated heterocycles. The molecule has 0 aromatic carbocycles. The van der Waals surface area contributed by atoms with Crippen LogP contribution < -0.4 is 10.6 Å². The van der Waals surface area contributed by atoms with E-state index in [0.717, 1.165) is 32.5 Å². The number of hydrogen-bond donors (Lipinski definition) is 2. The molecule has 1 amide bonds. The summed E-state index contributed by atoms with van der Waals surface area (Å²) in [5, 5.41) is 6.05. The third-order valence-corrected chi connectivity index (χ3v) is 2.35. The first kappa shape index (κ1) is 15.4. The van der Waals surface area contributed by atoms with E-state index in [-0.39, 0.29) is 5.91 Å². The minimum absolute atomic E-state index is 0.112. The summed E-state index contributed by atoms with van der Waals surface area (Å²) in [6.07, 6.45) is 4.55. The van der Waals surface area contributed by atoms with Crippen LogP contribution in [0.4, 0.5) is 0 Å². The zero-order chi connectivity index (χ0) is 12.2. The average molecular weight is 229 g/mol. The molecule has 16 heavy (non-hydrogen) atoms. The number of hydrogen-bond acceptors (Lipinski definition) is 3. The number of nitrogens with one attached hydrogen (secondary N) is 2. The van der Waals surface area contributed by atoms with Gasteiger partial charge in [-0.1, -0.05) is 19.8 Å². The Balaban J connectivity index is 3.17. The molecule has 0 aromatic rings. The van der Waals surface area contributed by atoms with E-state index in [1.807, 2.05) is 0 Å². The molecule has 4 heteroatoms. The fourth-order valence-electron chi connectivity index (χ4n) is 1.39. The fraction of sp³-hybridized carbons (Fsp3) is 0.917. The molecule has 0 aromatic heterocycles. The number of rotatable bonds is 10. The minimum Gasteiger partial charge on any atom is -0.355 e. The summed E-state index contributed by atoms with van der Waals surface area (Å²) in [5.41, 5.74) is 0. The molecule has 0 radical (unpaired) electrons. The molecule has 0 fully saturated rings. The number of amides is 1. The summed E-state index contributed by atoms with van der Waals surface area (Å²) in [5.74, 6) is 0.112. The second kappa shape index (κ2) is 10.9. The van der Waals surface area contributed by atoms with Gasteiger partial charge >= 0.3 is 0 Å². The van der Waals surface area contributed by atoms with Crippen molar-refractivity contribution in [3.05, 3.63) is 0 Å². The SMILES string of the molecule is CCCCCNC(=O)CNCCCN(C)C. The van der Waals surface area contributed by atoms with Gasteiger partial charge in [0.15, 0.2) is 0 Å². The fourth-order valence-corrected chi connectivity index (χ4v) is 1.39. The van der Waals surface area contributed by atoms with Crippen LogP contribution in [0.15, 0.2) is 0 Å². The predicted molar refractivity (Wildman–Crippen MR) is 68.6 cm³/mol. The largest absolute Gasteiger partial charge is 0.355 e. The van der Waals surface area contributed by atoms with Crippen LogP contribution in [0, 0.1) is 0 Å². The highest BCUT2D eigenvalue weighted by atomic mass is 16.1. The van der Waals surface area contributed by atoms with Gasteiger partial charge in [-0.25, -0.2) is 0 Å². The molecule has 0 aliphatic rings. The Morgan fingerprint density at radius 3 is 2.50 bits per heavy atom. The van der Waals surface area contributed by atoms with Crippen molar-refractivity contribution in [3.8, 4) is 0 Å². The molecule has 0 unspecified atom stereocenters. The predicted octanol–water partition coefficient (Wildman–Crippen LogP) is 0.834. The molecular weight excluding hydrogens is 202 g/mol. The highest BCUT2D eigenvalue weighted by Gasteiger charge is 1.98. The van der Waals surface area contributed by atoms with Crippen LogP contribution >= 0.6 is 0 Å². The molecule has 4 nitrogen and oxygen atoms in total. The molecule has 0 rings (SSSR count). The Hall–Kier alpha value is -0.610. The lowest BCUT2D eigenvalue weighted by Gasteiger charge is -2.09. The van der Waals surface area contributed by atoms with Gasteiger partial charge in [-0.2, -0.15) is 0 Å². The lowest BCUT2D eigenvalue weighted by molar-refractivity contribution is -0.120. The second-order valence-corrected chi connectivity index (χ2v) is 4.39. The summed E-state index contributed by atoms with van der Waals surface area (Å²) in [6, 6.07) is 0. The Morgan fingerprint density at radius 1 is 1.12 bits per heavy atom. The maximum absolute atomic E-state index is 11.3. The van der Waals surface area contributed by atoms with Crippen LogP contribution in [-0.2, 0) is 4.79 Å². The summed E-state index contributed by atoms with van der Waals surface area (Å²) >= 11 is 0. The van der Waals surface area contributed by atoms with Crippen LogP contribution in [-0.4, -0.2) is 51.1 Å². The van der Waals surface area contributed by atoms with Gasteiger partial charge in [0.1, 0.15) is 0 Å². The summed E-state index contributed by atoms with van der Waals surface area (Å²) < 4.78 is 0. The Kier molecular flexibility index (Phi) is 10.5. The van der Waals surface area contributed by atoms with Crippen molar-refractivity contribution in [2.45, 2.75) is 32.6 Å². The first-order valence-corrected chi connectivity index (χ1v) is 6.29. The molecule has 96 valence electrons. The maximum Gasteiger partial charge on any atom is 0.233 e. The smallest absolute Gasteiger partial charge is 0.233 e. The molecule has 0 atom stereocenters. The second-order valence-electron chi connectivity index (χ2n) is 4.39. The van der Waals surface area contributed by atoms with Crippen LogP contribution in [0.5, 0.6) is 0 Å². The van der Waals surface area contributed by atoms with Gasteiger partial charge in [-0.05, 0) is 40.0 Å². The van der Waals surface area contributed by atoms with Crippen molar-refractivity contribution in [1.29, 1.82) is 0 Å². The lowest BCUT2D eigenvalue weighted by atomic mass is 10.2. The summed E-state index contributed by atoms with van der Waals surface area (Å²) in [6.45, 7) is 5.38. The maximum atomic E-state index is 11.3. The van der Waals surface area contributed by atoms with Gasteiger partial charge in [0, 0.05) is 6.54 Å². The normalized spacial score (nSPS) is 10.8. The van der Waals surface area contributed by atoms with Crippen LogP contribution in [0.3, 0.4) is 0 Å². The van der Waals surface area contributed by atoms with E-state index < -0.39 is 0 Å². The van der Waals surface area contributed by atoms with Gasteiger partial charge in [0.25, 0.3) is 0 Å². The molecule has 0 spiro atoms. The van der Waals surface area contributed by atoms with E-state index in [1.165, 1.54) is 12.8 Å². The van der Waals surface area contributed by atoms with Gasteiger partial charge in [0.05, 0.1) is 6.54 Å². The highest BCUT2D eigenvalue weighted by Crippen LogP contribution is 1.90. The van der Waals surface area contributed by atoms with E-state index in [1.54, 1.807) is 0 Å². The Morgan fingerprint density at radius 2 is 1.88 bits per heavy atom. The molecule has 0 heterocycles. The zero-order valence-corrected chi connectivity index (χ0v) is 11.0. The van der Waals surface area contributed by atoms with Gasteiger partial charge in [0.2, 0.25) is 5.91 Å². The average Bonchev–Trinajstić information content (AvgIpc) is 2.23. The van der Waals surface area contributed by atoms with Gasteiger partial charge < -0.3 is 15.5 Å². The van der Waals surface area contributed by atoms with Crippen molar-refractivity contribution in [2.24, 2.45) is 0 Å². The third-order valence-electron chi connectivity index (χ3n) is 2.35. The summed E-state index contributed by atoms with van der Waals surface area (Å²) in [4.78, 5) is 13.5. The quantitative estimate of drug-likeness (QED) is 0.546. The molecule has 0 aliphatic carbocycles. The topological polar surface area (TPSA) is 44.4 Å². The van der Waals surface area contributed by atoms with Crippen molar-refractivity contribution in [3.63, 3.8) is 0 Å². The Bertz CT molecular complexity index is 172.